The van der Waals surface area contributed by atoms with E-state index in [0.717, 1.165) is 24.5 Å². The first kappa shape index (κ1) is 19.3. The molecule has 1 aromatic heterocycles. The van der Waals surface area contributed by atoms with Crippen molar-refractivity contribution < 1.29 is 9.18 Å². The fraction of sp³-hybridized carbons (Fsp3) is 0.455. The second kappa shape index (κ2) is 9.49. The maximum atomic E-state index is 13.8. The van der Waals surface area contributed by atoms with Crippen LogP contribution in [-0.4, -0.2) is 24.0 Å². The molecule has 27 heavy (non-hydrogen) atoms. The van der Waals surface area contributed by atoms with E-state index in [1.807, 2.05) is 19.2 Å². The van der Waals surface area contributed by atoms with Gasteiger partial charge in [0.2, 0.25) is 5.91 Å². The van der Waals surface area contributed by atoms with Crippen molar-refractivity contribution in [3.63, 3.8) is 0 Å². The molecule has 4 nitrogen and oxygen atoms in total. The van der Waals surface area contributed by atoms with Crippen LogP contribution in [0.4, 0.5) is 10.2 Å². The third kappa shape index (κ3) is 5.52. The molecule has 0 radical (unpaired) electrons. The molecule has 0 unspecified atom stereocenters. The normalized spacial score (nSPS) is 15.9. The summed E-state index contributed by atoms with van der Waals surface area (Å²) >= 11 is 0. The molecule has 1 aliphatic heterocycles. The Hall–Kier alpha value is -2.43. The number of carbonyl (C=O) groups is 1. The van der Waals surface area contributed by atoms with E-state index in [0.29, 0.717) is 12.1 Å². The maximum Gasteiger partial charge on any atom is 0.220 e. The lowest BCUT2D eigenvalue weighted by Gasteiger charge is -2.21. The Morgan fingerprint density at radius 1 is 1.19 bits per heavy atom. The summed E-state index contributed by atoms with van der Waals surface area (Å²) in [6.45, 7) is 4.43. The molecule has 1 amide bonds. The number of halogens is 1. The zero-order chi connectivity index (χ0) is 19.1. The van der Waals surface area contributed by atoms with Gasteiger partial charge in [-0.25, -0.2) is 9.37 Å². The Labute approximate surface area is 160 Å². The Morgan fingerprint density at radius 3 is 2.67 bits per heavy atom. The van der Waals surface area contributed by atoms with Crippen LogP contribution in [-0.2, 0) is 11.3 Å². The Balaban J connectivity index is 1.54. The van der Waals surface area contributed by atoms with Gasteiger partial charge in [-0.1, -0.05) is 38.0 Å². The summed E-state index contributed by atoms with van der Waals surface area (Å²) in [5.41, 5.74) is 1.62. The number of hydrogen-bond donors (Lipinski definition) is 1. The van der Waals surface area contributed by atoms with Crippen molar-refractivity contribution in [3.8, 4) is 0 Å². The fourth-order valence-electron chi connectivity index (χ4n) is 3.58. The Kier molecular flexibility index (Phi) is 6.80. The lowest BCUT2D eigenvalue weighted by atomic mass is 9.97. The first-order valence-corrected chi connectivity index (χ1v) is 9.84. The number of aromatic nitrogens is 1. The number of amides is 1. The first-order chi connectivity index (χ1) is 13.1. The molecule has 0 aliphatic carbocycles. The highest BCUT2D eigenvalue weighted by molar-refractivity contribution is 5.76. The van der Waals surface area contributed by atoms with Gasteiger partial charge < -0.3 is 10.2 Å². The van der Waals surface area contributed by atoms with E-state index in [1.165, 1.54) is 31.7 Å². The van der Waals surface area contributed by atoms with E-state index in [9.17, 15) is 9.18 Å². The van der Waals surface area contributed by atoms with Crippen molar-refractivity contribution in [1.82, 2.24) is 10.3 Å². The smallest absolute Gasteiger partial charge is 0.220 e. The highest BCUT2D eigenvalue weighted by Crippen LogP contribution is 2.22. The second-order valence-electron chi connectivity index (χ2n) is 7.33. The number of rotatable bonds is 6. The van der Waals surface area contributed by atoms with Crippen molar-refractivity contribution >= 4 is 11.7 Å². The van der Waals surface area contributed by atoms with Crippen molar-refractivity contribution in [2.24, 2.45) is 0 Å². The summed E-state index contributed by atoms with van der Waals surface area (Å²) in [5, 5.41) is 2.95. The highest BCUT2D eigenvalue weighted by atomic mass is 19.1. The molecule has 5 heteroatoms. The zero-order valence-corrected chi connectivity index (χ0v) is 16.0. The average molecular weight is 369 g/mol. The van der Waals surface area contributed by atoms with E-state index >= 15 is 0 Å². The van der Waals surface area contributed by atoms with Crippen LogP contribution in [0, 0.1) is 5.82 Å². The summed E-state index contributed by atoms with van der Waals surface area (Å²) in [6, 6.07) is 10.6. The molecule has 1 fully saturated rings. The molecule has 1 N–H and O–H groups in total. The summed E-state index contributed by atoms with van der Waals surface area (Å²) < 4.78 is 13.8. The van der Waals surface area contributed by atoms with Gasteiger partial charge in [-0.15, -0.1) is 0 Å². The minimum atomic E-state index is -0.256. The predicted molar refractivity (Wildman–Crippen MR) is 106 cm³/mol. The standard InChI is InChI=1S/C22H28FN3O/c1-17(19-8-4-5-9-20(19)23)14-22(27)25-16-18-10-11-24-21(15-18)26-12-6-2-3-7-13-26/h4-5,8-11,15,17H,2-3,6-7,12-14,16H2,1H3,(H,25,27)/t17-/m1/s1. The van der Waals surface area contributed by atoms with Crippen LogP contribution in [0.1, 0.15) is 56.1 Å². The lowest BCUT2D eigenvalue weighted by Crippen LogP contribution is -2.26. The number of anilines is 1. The van der Waals surface area contributed by atoms with Gasteiger partial charge in [0.25, 0.3) is 0 Å². The molecule has 1 saturated heterocycles. The molecule has 2 aromatic rings. The van der Waals surface area contributed by atoms with Gasteiger partial charge >= 0.3 is 0 Å². The van der Waals surface area contributed by atoms with E-state index in [4.69, 9.17) is 0 Å². The van der Waals surface area contributed by atoms with Crippen LogP contribution in [0.2, 0.25) is 0 Å². The lowest BCUT2D eigenvalue weighted by molar-refractivity contribution is -0.121. The van der Waals surface area contributed by atoms with E-state index in [-0.39, 0.29) is 24.1 Å². The molecule has 3 rings (SSSR count). The van der Waals surface area contributed by atoms with Crippen LogP contribution in [0.25, 0.3) is 0 Å². The SMILES string of the molecule is C[C@H](CC(=O)NCc1ccnc(N2CCCCCC2)c1)c1ccccc1F. The number of hydrogen-bond acceptors (Lipinski definition) is 3. The minimum Gasteiger partial charge on any atom is -0.357 e. The van der Waals surface area contributed by atoms with Crippen LogP contribution in [0.3, 0.4) is 0 Å². The Bertz CT molecular complexity index is 757. The highest BCUT2D eigenvalue weighted by Gasteiger charge is 2.15. The van der Waals surface area contributed by atoms with Crippen molar-refractivity contribution in [2.45, 2.75) is 51.5 Å². The number of pyridine rings is 1. The molecule has 0 bridgehead atoms. The largest absolute Gasteiger partial charge is 0.357 e. The number of benzene rings is 1. The summed E-state index contributed by atoms with van der Waals surface area (Å²) in [4.78, 5) is 19.1. The van der Waals surface area contributed by atoms with Crippen molar-refractivity contribution in [2.75, 3.05) is 18.0 Å². The maximum absolute atomic E-state index is 13.8. The minimum absolute atomic E-state index is 0.0705. The van der Waals surface area contributed by atoms with Crippen LogP contribution in [0.5, 0.6) is 0 Å². The van der Waals surface area contributed by atoms with Crippen LogP contribution in [0.15, 0.2) is 42.6 Å². The van der Waals surface area contributed by atoms with E-state index in [2.05, 4.69) is 21.3 Å². The number of carbonyl (C=O) groups excluding carboxylic acids is 1. The van der Waals surface area contributed by atoms with Gasteiger partial charge in [0, 0.05) is 32.3 Å². The second-order valence-corrected chi connectivity index (χ2v) is 7.33. The van der Waals surface area contributed by atoms with E-state index in [1.54, 1.807) is 18.2 Å². The molecule has 0 spiro atoms. The molecule has 1 aliphatic rings. The third-order valence-corrected chi connectivity index (χ3v) is 5.16. The summed E-state index contributed by atoms with van der Waals surface area (Å²) in [7, 11) is 0. The van der Waals surface area contributed by atoms with Crippen molar-refractivity contribution in [3.05, 3.63) is 59.5 Å². The van der Waals surface area contributed by atoms with Gasteiger partial charge in [-0.3, -0.25) is 4.79 Å². The fourth-order valence-corrected chi connectivity index (χ4v) is 3.58. The first-order valence-electron chi connectivity index (χ1n) is 9.84. The molecular weight excluding hydrogens is 341 g/mol. The van der Waals surface area contributed by atoms with Gasteiger partial charge in [-0.05, 0) is 48.1 Å². The summed E-state index contributed by atoms with van der Waals surface area (Å²) in [6.07, 6.45) is 7.06. The number of nitrogens with zero attached hydrogens (tertiary/aromatic N) is 2. The van der Waals surface area contributed by atoms with Crippen molar-refractivity contribution in [1.29, 1.82) is 0 Å². The Morgan fingerprint density at radius 2 is 1.93 bits per heavy atom. The predicted octanol–water partition coefficient (Wildman–Crippen LogP) is 4.41. The monoisotopic (exact) mass is 369 g/mol. The van der Waals surface area contributed by atoms with Crippen LogP contribution >= 0.6 is 0 Å². The molecule has 144 valence electrons. The zero-order valence-electron chi connectivity index (χ0n) is 16.0. The van der Waals surface area contributed by atoms with Crippen LogP contribution < -0.4 is 10.2 Å². The number of nitrogens with one attached hydrogen (secondary N) is 1. The average Bonchev–Trinajstić information content (AvgIpc) is 2.96. The van der Waals surface area contributed by atoms with E-state index < -0.39 is 0 Å². The summed E-state index contributed by atoms with van der Waals surface area (Å²) in [5.74, 6) is 0.507. The molecule has 0 saturated carbocycles. The topological polar surface area (TPSA) is 45.2 Å². The molecule has 2 heterocycles. The molecular formula is C22H28FN3O. The molecule has 1 atom stereocenters. The van der Waals surface area contributed by atoms with Gasteiger partial charge in [-0.2, -0.15) is 0 Å². The third-order valence-electron chi connectivity index (χ3n) is 5.16. The van der Waals surface area contributed by atoms with Gasteiger partial charge in [0.15, 0.2) is 0 Å². The molecule has 1 aromatic carbocycles. The quantitative estimate of drug-likeness (QED) is 0.820. The van der Waals surface area contributed by atoms with Gasteiger partial charge in [0.05, 0.1) is 0 Å². The van der Waals surface area contributed by atoms with Gasteiger partial charge in [0.1, 0.15) is 11.6 Å².